The fourth-order valence-corrected chi connectivity index (χ4v) is 1.74. The first-order chi connectivity index (χ1) is 8.47. The molecule has 0 aliphatic carbocycles. The maximum absolute atomic E-state index is 11.7. The molecule has 112 valence electrons. The highest BCUT2D eigenvalue weighted by molar-refractivity contribution is 5.78. The fraction of sp³-hybridized carbons (Fsp3) is 0.857. The van der Waals surface area contributed by atoms with Gasteiger partial charge in [-0.2, -0.15) is 0 Å². The van der Waals surface area contributed by atoms with E-state index in [0.29, 0.717) is 6.42 Å². The van der Waals surface area contributed by atoms with Gasteiger partial charge in [0.1, 0.15) is 0 Å². The molecule has 0 rings (SSSR count). The summed E-state index contributed by atoms with van der Waals surface area (Å²) in [7, 11) is 1.55. The maximum Gasteiger partial charge on any atom is 0.308 e. The molecule has 0 aromatic rings. The number of ether oxygens (including phenoxy) is 1. The molecule has 0 aliphatic rings. The van der Waals surface area contributed by atoms with Gasteiger partial charge in [0, 0.05) is 13.7 Å². The lowest BCUT2D eigenvalue weighted by Crippen LogP contribution is -2.38. The summed E-state index contributed by atoms with van der Waals surface area (Å²) in [6.07, 6.45) is 0.738. The summed E-state index contributed by atoms with van der Waals surface area (Å²) in [5.41, 5.74) is -0.619. The number of carboxylic acids is 1. The van der Waals surface area contributed by atoms with Crippen LogP contribution in [0.15, 0.2) is 0 Å². The smallest absolute Gasteiger partial charge is 0.308 e. The number of aliphatic carboxylic acids is 1. The van der Waals surface area contributed by atoms with Gasteiger partial charge in [-0.05, 0) is 25.7 Å². The fourth-order valence-electron chi connectivity index (χ4n) is 1.74. The Balaban J connectivity index is 4.34. The van der Waals surface area contributed by atoms with Gasteiger partial charge in [-0.25, -0.2) is 0 Å². The van der Waals surface area contributed by atoms with Gasteiger partial charge in [0.2, 0.25) is 5.91 Å². The van der Waals surface area contributed by atoms with E-state index in [9.17, 15) is 9.59 Å². The Morgan fingerprint density at radius 2 is 1.74 bits per heavy atom. The first-order valence-corrected chi connectivity index (χ1v) is 6.51. The highest BCUT2D eigenvalue weighted by atomic mass is 16.5. The number of carbonyl (C=O) groups excluding carboxylic acids is 1. The van der Waals surface area contributed by atoms with Crippen LogP contribution in [0.2, 0.25) is 0 Å². The summed E-state index contributed by atoms with van der Waals surface area (Å²) < 4.78 is 5.17. The summed E-state index contributed by atoms with van der Waals surface area (Å²) in [6, 6.07) is 0. The molecule has 0 saturated heterocycles. The Bertz CT molecular complexity index is 318. The number of methoxy groups -OCH3 is 1. The largest absolute Gasteiger partial charge is 0.481 e. The van der Waals surface area contributed by atoms with Gasteiger partial charge in [0.25, 0.3) is 0 Å². The first-order valence-electron chi connectivity index (χ1n) is 6.51. The topological polar surface area (TPSA) is 75.6 Å². The molecule has 0 saturated carbocycles. The Morgan fingerprint density at radius 1 is 1.21 bits per heavy atom. The summed E-state index contributed by atoms with van der Waals surface area (Å²) in [4.78, 5) is 22.9. The molecular weight excluding hydrogens is 246 g/mol. The van der Waals surface area contributed by atoms with Crippen LogP contribution < -0.4 is 5.32 Å². The van der Waals surface area contributed by atoms with Crippen molar-refractivity contribution in [2.24, 2.45) is 11.3 Å². The monoisotopic (exact) mass is 273 g/mol. The van der Waals surface area contributed by atoms with Gasteiger partial charge < -0.3 is 15.2 Å². The van der Waals surface area contributed by atoms with Crippen molar-refractivity contribution in [3.05, 3.63) is 0 Å². The Kier molecular flexibility index (Phi) is 6.49. The zero-order valence-corrected chi connectivity index (χ0v) is 12.9. The number of carbonyl (C=O) groups is 2. The summed E-state index contributed by atoms with van der Waals surface area (Å²) in [5, 5.41) is 11.8. The molecule has 1 amide bonds. The van der Waals surface area contributed by atoms with Crippen LogP contribution in [-0.4, -0.2) is 36.2 Å². The highest BCUT2D eigenvalue weighted by Gasteiger charge is 2.26. The number of carboxylic acid groups (broad SMARTS) is 1. The predicted octanol–water partition coefficient (Wildman–Crippen LogP) is 2.05. The third-order valence-electron chi connectivity index (χ3n) is 2.89. The molecule has 1 unspecified atom stereocenters. The molecule has 19 heavy (non-hydrogen) atoms. The molecular formula is C14H27NO4. The van der Waals surface area contributed by atoms with Gasteiger partial charge >= 0.3 is 5.97 Å². The van der Waals surface area contributed by atoms with E-state index in [-0.39, 0.29) is 24.3 Å². The second-order valence-corrected chi connectivity index (χ2v) is 6.74. The second kappa shape index (κ2) is 6.89. The quantitative estimate of drug-likeness (QED) is 0.744. The lowest BCUT2D eigenvalue weighted by atomic mass is 9.84. The van der Waals surface area contributed by atoms with Crippen LogP contribution in [0.4, 0.5) is 0 Å². The van der Waals surface area contributed by atoms with E-state index >= 15 is 0 Å². The second-order valence-electron chi connectivity index (χ2n) is 6.74. The van der Waals surface area contributed by atoms with Gasteiger partial charge in [0.05, 0.1) is 17.9 Å². The number of rotatable bonds is 7. The molecule has 5 nitrogen and oxygen atoms in total. The normalized spacial score (nSPS) is 14.0. The number of hydrogen-bond acceptors (Lipinski definition) is 3. The van der Waals surface area contributed by atoms with E-state index in [1.165, 1.54) is 0 Å². The predicted molar refractivity (Wildman–Crippen MR) is 73.9 cm³/mol. The minimum absolute atomic E-state index is 0.0837. The summed E-state index contributed by atoms with van der Waals surface area (Å²) in [5.74, 6) is -1.62. The Labute approximate surface area is 115 Å². The minimum atomic E-state index is -0.874. The van der Waals surface area contributed by atoms with E-state index in [4.69, 9.17) is 9.84 Å². The third-order valence-corrected chi connectivity index (χ3v) is 2.89. The molecule has 2 N–H and O–H groups in total. The zero-order valence-electron chi connectivity index (χ0n) is 12.9. The van der Waals surface area contributed by atoms with Crippen LogP contribution in [0.25, 0.3) is 0 Å². The third kappa shape index (κ3) is 8.59. The van der Waals surface area contributed by atoms with E-state index in [1.807, 2.05) is 34.6 Å². The lowest BCUT2D eigenvalue weighted by Gasteiger charge is -2.25. The van der Waals surface area contributed by atoms with Crippen molar-refractivity contribution in [1.82, 2.24) is 5.32 Å². The molecule has 0 aromatic heterocycles. The van der Waals surface area contributed by atoms with Crippen molar-refractivity contribution < 1.29 is 19.4 Å². The van der Waals surface area contributed by atoms with E-state index in [0.717, 1.165) is 0 Å². The average molecular weight is 273 g/mol. The lowest BCUT2D eigenvalue weighted by molar-refractivity contribution is -0.142. The van der Waals surface area contributed by atoms with Crippen LogP contribution in [0.5, 0.6) is 0 Å². The van der Waals surface area contributed by atoms with E-state index in [1.54, 1.807) is 7.11 Å². The van der Waals surface area contributed by atoms with Crippen molar-refractivity contribution in [3.63, 3.8) is 0 Å². The molecule has 0 spiro atoms. The number of nitrogens with one attached hydrogen (secondary N) is 1. The molecule has 0 aromatic carbocycles. The number of hydrogen-bond donors (Lipinski definition) is 2. The van der Waals surface area contributed by atoms with Crippen LogP contribution >= 0.6 is 0 Å². The van der Waals surface area contributed by atoms with Crippen molar-refractivity contribution in [3.8, 4) is 0 Å². The maximum atomic E-state index is 11.7. The summed E-state index contributed by atoms with van der Waals surface area (Å²) in [6.45, 7) is 9.74. The zero-order chi connectivity index (χ0) is 15.3. The molecule has 0 radical (unpaired) electrons. The van der Waals surface area contributed by atoms with Crippen molar-refractivity contribution in [2.45, 2.75) is 53.1 Å². The van der Waals surface area contributed by atoms with Crippen molar-refractivity contribution in [2.75, 3.05) is 13.7 Å². The standard InChI is InChI=1S/C14H27NO4/c1-13(2,3)7-10(12(17)18)9-15-11(16)8-14(4,5)19-6/h10H,7-9H2,1-6H3,(H,15,16)(H,17,18). The van der Waals surface area contributed by atoms with Crippen LogP contribution in [-0.2, 0) is 14.3 Å². The van der Waals surface area contributed by atoms with Gasteiger partial charge in [-0.1, -0.05) is 20.8 Å². The molecule has 0 fully saturated rings. The van der Waals surface area contributed by atoms with Gasteiger partial charge in [-0.15, -0.1) is 0 Å². The SMILES string of the molecule is COC(C)(C)CC(=O)NCC(CC(C)(C)C)C(=O)O. The van der Waals surface area contributed by atoms with E-state index < -0.39 is 17.5 Å². The molecule has 0 aliphatic heterocycles. The molecule has 0 bridgehead atoms. The first kappa shape index (κ1) is 17.9. The average Bonchev–Trinajstić information content (AvgIpc) is 2.21. The van der Waals surface area contributed by atoms with Gasteiger partial charge in [-0.3, -0.25) is 9.59 Å². The molecule has 0 heterocycles. The van der Waals surface area contributed by atoms with Gasteiger partial charge in [0.15, 0.2) is 0 Å². The van der Waals surface area contributed by atoms with E-state index in [2.05, 4.69) is 5.32 Å². The highest BCUT2D eigenvalue weighted by Crippen LogP contribution is 2.24. The molecule has 5 heteroatoms. The van der Waals surface area contributed by atoms with Crippen LogP contribution in [0.1, 0.15) is 47.5 Å². The minimum Gasteiger partial charge on any atom is -0.481 e. The van der Waals surface area contributed by atoms with Crippen molar-refractivity contribution >= 4 is 11.9 Å². The molecule has 1 atom stereocenters. The summed E-state index contributed by atoms with van der Waals surface area (Å²) >= 11 is 0. The van der Waals surface area contributed by atoms with Crippen LogP contribution in [0, 0.1) is 11.3 Å². The Morgan fingerprint density at radius 3 is 2.11 bits per heavy atom. The van der Waals surface area contributed by atoms with Crippen LogP contribution in [0.3, 0.4) is 0 Å². The van der Waals surface area contributed by atoms with Crippen molar-refractivity contribution in [1.29, 1.82) is 0 Å². The Hall–Kier alpha value is -1.10. The number of amides is 1.